The van der Waals surface area contributed by atoms with Gasteiger partial charge in [0.1, 0.15) is 11.5 Å². The number of fused-ring (bicyclic) bond motifs is 4. The molecule has 4 rings (SSSR count). The number of hydrogen-bond acceptors (Lipinski definition) is 5. The molecule has 2 bridgehead atoms. The van der Waals surface area contributed by atoms with E-state index in [0.717, 1.165) is 43.7 Å². The fourth-order valence-corrected chi connectivity index (χ4v) is 4.74. The first-order valence-corrected chi connectivity index (χ1v) is 9.69. The zero-order valence-corrected chi connectivity index (χ0v) is 16.1. The third-order valence-corrected chi connectivity index (χ3v) is 6.35. The summed E-state index contributed by atoms with van der Waals surface area (Å²) in [4.78, 5) is 2.42. The maximum Gasteiger partial charge on any atom is 0.118 e. The minimum absolute atomic E-state index is 0.170. The fraction of sp³-hybridized carbons (Fsp3) is 0.455. The second-order valence-electron chi connectivity index (χ2n) is 7.91. The van der Waals surface area contributed by atoms with Crippen molar-refractivity contribution in [2.75, 3.05) is 27.2 Å². The molecule has 1 fully saturated rings. The number of ether oxygens (including phenoxy) is 1. The van der Waals surface area contributed by atoms with Crippen LogP contribution in [0.2, 0.25) is 0 Å². The normalized spacial score (nSPS) is 27.2. The van der Waals surface area contributed by atoms with Crippen molar-refractivity contribution in [3.05, 3.63) is 59.2 Å². The first-order chi connectivity index (χ1) is 13.0. The van der Waals surface area contributed by atoms with Gasteiger partial charge in [-0.25, -0.2) is 0 Å². The number of piperidine rings is 1. The van der Waals surface area contributed by atoms with Crippen LogP contribution in [-0.4, -0.2) is 49.3 Å². The van der Waals surface area contributed by atoms with Crippen LogP contribution in [0.25, 0.3) is 0 Å². The molecule has 5 heteroatoms. The second kappa shape index (κ2) is 7.15. The summed E-state index contributed by atoms with van der Waals surface area (Å²) < 4.78 is 5.23. The van der Waals surface area contributed by atoms with Gasteiger partial charge in [0.2, 0.25) is 0 Å². The van der Waals surface area contributed by atoms with E-state index in [0.29, 0.717) is 11.8 Å². The number of phenols is 1. The van der Waals surface area contributed by atoms with Crippen LogP contribution in [0.15, 0.2) is 42.5 Å². The molecular weight excluding hydrogens is 338 g/mol. The summed E-state index contributed by atoms with van der Waals surface area (Å²) in [7, 11) is 3.87. The lowest BCUT2D eigenvalue weighted by Gasteiger charge is -2.54. The third-order valence-electron chi connectivity index (χ3n) is 6.35. The fourth-order valence-electron chi connectivity index (χ4n) is 4.74. The van der Waals surface area contributed by atoms with Crippen LogP contribution in [0.1, 0.15) is 23.1 Å². The van der Waals surface area contributed by atoms with E-state index >= 15 is 0 Å². The van der Waals surface area contributed by atoms with E-state index in [1.54, 1.807) is 13.2 Å². The Morgan fingerprint density at radius 1 is 1.26 bits per heavy atom. The molecule has 0 saturated carbocycles. The Hall–Kier alpha value is -2.08. The van der Waals surface area contributed by atoms with Crippen molar-refractivity contribution in [3.63, 3.8) is 0 Å². The van der Waals surface area contributed by atoms with Crippen LogP contribution in [0.4, 0.5) is 0 Å². The summed E-state index contributed by atoms with van der Waals surface area (Å²) >= 11 is 0. The lowest BCUT2D eigenvalue weighted by Crippen LogP contribution is -2.70. The Bertz CT molecular complexity index is 808. The van der Waals surface area contributed by atoms with Crippen LogP contribution in [0, 0.1) is 0 Å². The van der Waals surface area contributed by atoms with Gasteiger partial charge in [-0.15, -0.1) is 0 Å². The van der Waals surface area contributed by atoms with Gasteiger partial charge in [-0.05, 0) is 73.8 Å². The zero-order valence-electron chi connectivity index (χ0n) is 16.1. The first kappa shape index (κ1) is 18.3. The van der Waals surface area contributed by atoms with Crippen LogP contribution < -0.4 is 15.8 Å². The van der Waals surface area contributed by atoms with E-state index in [4.69, 9.17) is 10.5 Å². The topological polar surface area (TPSA) is 70.7 Å². The molecule has 27 heavy (non-hydrogen) atoms. The maximum absolute atomic E-state index is 10.0. The van der Waals surface area contributed by atoms with Gasteiger partial charge in [0.15, 0.2) is 0 Å². The van der Waals surface area contributed by atoms with Crippen LogP contribution in [-0.2, 0) is 18.4 Å². The van der Waals surface area contributed by atoms with E-state index in [1.807, 2.05) is 24.3 Å². The molecule has 2 aromatic carbocycles. The quantitative estimate of drug-likeness (QED) is 0.754. The molecule has 0 amide bonds. The highest BCUT2D eigenvalue weighted by molar-refractivity contribution is 5.45. The predicted octanol–water partition coefficient (Wildman–Crippen LogP) is 2.02. The van der Waals surface area contributed by atoms with E-state index in [-0.39, 0.29) is 6.04 Å². The predicted molar refractivity (Wildman–Crippen MR) is 107 cm³/mol. The minimum atomic E-state index is -0.441. The van der Waals surface area contributed by atoms with Gasteiger partial charge >= 0.3 is 0 Å². The van der Waals surface area contributed by atoms with Crippen molar-refractivity contribution in [1.82, 2.24) is 10.2 Å². The van der Waals surface area contributed by atoms with E-state index in [2.05, 4.69) is 29.4 Å². The van der Waals surface area contributed by atoms with Crippen LogP contribution in [0.5, 0.6) is 11.5 Å². The van der Waals surface area contributed by atoms with E-state index in [1.165, 1.54) is 11.1 Å². The monoisotopic (exact) mass is 367 g/mol. The Labute approximate surface area is 161 Å². The number of methoxy groups -OCH3 is 1. The summed E-state index contributed by atoms with van der Waals surface area (Å²) in [6, 6.07) is 14.4. The Morgan fingerprint density at radius 2 is 2.04 bits per heavy atom. The largest absolute Gasteiger partial charge is 0.508 e. The maximum atomic E-state index is 10.0. The van der Waals surface area contributed by atoms with Crippen LogP contribution >= 0.6 is 0 Å². The smallest absolute Gasteiger partial charge is 0.118 e. The van der Waals surface area contributed by atoms with Gasteiger partial charge in [-0.1, -0.05) is 18.2 Å². The number of rotatable bonds is 5. The molecule has 1 aliphatic carbocycles. The average molecular weight is 367 g/mol. The highest BCUT2D eigenvalue weighted by atomic mass is 16.5. The summed E-state index contributed by atoms with van der Waals surface area (Å²) in [5.41, 5.74) is 10.2. The van der Waals surface area contributed by atoms with Crippen molar-refractivity contribution in [3.8, 4) is 11.5 Å². The Kier molecular flexibility index (Phi) is 4.84. The Morgan fingerprint density at radius 3 is 2.78 bits per heavy atom. The van der Waals surface area contributed by atoms with E-state index in [9.17, 15) is 5.11 Å². The number of likely N-dealkylation sites (tertiary alicyclic amines) is 1. The number of nitrogens with two attached hydrogens (primary N) is 1. The SMILES string of the molecule is COc1ccc(CCN[C@H]2[C@H]3Cc4ccc(O)cc4[C@]2(N)CCN3C)cc1. The van der Waals surface area contributed by atoms with Crippen molar-refractivity contribution in [1.29, 1.82) is 0 Å². The van der Waals surface area contributed by atoms with Gasteiger partial charge < -0.3 is 25.8 Å². The van der Waals surface area contributed by atoms with Crippen molar-refractivity contribution >= 4 is 0 Å². The number of hydrogen-bond donors (Lipinski definition) is 3. The van der Waals surface area contributed by atoms with Crippen molar-refractivity contribution < 1.29 is 9.84 Å². The molecule has 4 N–H and O–H groups in total. The molecule has 0 spiro atoms. The van der Waals surface area contributed by atoms with Gasteiger partial charge in [-0.3, -0.25) is 0 Å². The van der Waals surface area contributed by atoms with Gasteiger partial charge in [0.25, 0.3) is 0 Å². The number of nitrogens with one attached hydrogen (secondary N) is 1. The number of nitrogens with zero attached hydrogens (tertiary/aromatic N) is 1. The molecule has 1 heterocycles. The summed E-state index contributed by atoms with van der Waals surface area (Å²) in [6.45, 7) is 1.85. The van der Waals surface area contributed by atoms with Gasteiger partial charge in [-0.2, -0.15) is 0 Å². The summed E-state index contributed by atoms with van der Waals surface area (Å²) in [6.07, 6.45) is 2.79. The molecular formula is C22H29N3O2. The third kappa shape index (κ3) is 3.31. The molecule has 1 saturated heterocycles. The lowest BCUT2D eigenvalue weighted by atomic mass is 9.66. The Balaban J connectivity index is 1.52. The molecule has 0 unspecified atom stereocenters. The zero-order chi connectivity index (χ0) is 19.0. The number of benzene rings is 2. The second-order valence-corrected chi connectivity index (χ2v) is 7.91. The number of phenolic OH excluding ortho intramolecular Hbond substituents is 1. The highest BCUT2D eigenvalue weighted by Crippen LogP contribution is 2.42. The van der Waals surface area contributed by atoms with Crippen LogP contribution in [0.3, 0.4) is 0 Å². The molecule has 3 atom stereocenters. The standard InChI is InChI=1S/C22H29N3O2/c1-25-12-10-22(23)19-14-17(26)6-5-16(19)13-20(25)21(22)24-11-9-15-3-7-18(27-2)8-4-15/h3-8,14,20-21,24,26H,9-13,23H2,1-2H3/t20-,21+,22-/m1/s1. The van der Waals surface area contributed by atoms with Crippen molar-refractivity contribution in [2.45, 2.75) is 36.9 Å². The number of aromatic hydroxyl groups is 1. The lowest BCUT2D eigenvalue weighted by molar-refractivity contribution is 0.0600. The van der Waals surface area contributed by atoms with Gasteiger partial charge in [0.05, 0.1) is 12.6 Å². The molecule has 5 nitrogen and oxygen atoms in total. The molecule has 2 aliphatic rings. The molecule has 1 aliphatic heterocycles. The molecule has 2 aromatic rings. The van der Waals surface area contributed by atoms with E-state index < -0.39 is 5.54 Å². The summed E-state index contributed by atoms with van der Waals surface area (Å²) in [5, 5.41) is 13.8. The highest BCUT2D eigenvalue weighted by Gasteiger charge is 2.50. The summed E-state index contributed by atoms with van der Waals surface area (Å²) in [5.74, 6) is 1.18. The first-order valence-electron chi connectivity index (χ1n) is 9.69. The molecule has 0 aromatic heterocycles. The molecule has 144 valence electrons. The van der Waals surface area contributed by atoms with Gasteiger partial charge in [0, 0.05) is 18.6 Å². The molecule has 0 radical (unpaired) electrons. The van der Waals surface area contributed by atoms with Crippen molar-refractivity contribution in [2.24, 2.45) is 5.73 Å². The average Bonchev–Trinajstić information content (AvgIpc) is 2.68. The minimum Gasteiger partial charge on any atom is -0.508 e. The number of likely N-dealkylation sites (N-methyl/N-ethyl adjacent to an activating group) is 1.